The molecule has 1 aromatic rings. The third-order valence-electron chi connectivity index (χ3n) is 4.38. The average Bonchev–Trinajstić information content (AvgIpc) is 3.22. The van der Waals surface area contributed by atoms with Gasteiger partial charge < -0.3 is 10.2 Å². The Morgan fingerprint density at radius 1 is 1.26 bits per heavy atom. The van der Waals surface area contributed by atoms with Gasteiger partial charge in [-0.2, -0.15) is 0 Å². The first-order chi connectivity index (χ1) is 9.15. The van der Waals surface area contributed by atoms with Gasteiger partial charge in [-0.1, -0.05) is 19.9 Å². The zero-order valence-corrected chi connectivity index (χ0v) is 12.9. The standard InChI is InChI=1S/C17H28N2/c1-5-16(6-2)19(4)17-10-7-14(13(3)11-17)12-18-15-8-9-15/h7,10-11,15-16,18H,5-6,8-9,12H2,1-4H3. The molecule has 0 heterocycles. The number of anilines is 1. The van der Waals surface area contributed by atoms with Gasteiger partial charge in [0.05, 0.1) is 0 Å². The maximum atomic E-state index is 3.59. The van der Waals surface area contributed by atoms with E-state index in [2.05, 4.69) is 56.2 Å². The maximum Gasteiger partial charge on any atom is 0.0368 e. The molecule has 1 aliphatic rings. The molecule has 2 nitrogen and oxygen atoms in total. The van der Waals surface area contributed by atoms with Crippen LogP contribution in [0.3, 0.4) is 0 Å². The van der Waals surface area contributed by atoms with Crippen molar-refractivity contribution in [3.63, 3.8) is 0 Å². The van der Waals surface area contributed by atoms with Gasteiger partial charge in [-0.15, -0.1) is 0 Å². The molecule has 0 bridgehead atoms. The summed E-state index contributed by atoms with van der Waals surface area (Å²) in [7, 11) is 2.22. The number of hydrogen-bond acceptors (Lipinski definition) is 2. The summed E-state index contributed by atoms with van der Waals surface area (Å²) in [5.74, 6) is 0. The summed E-state index contributed by atoms with van der Waals surface area (Å²) in [6.45, 7) is 7.79. The molecule has 0 aliphatic heterocycles. The highest BCUT2D eigenvalue weighted by Crippen LogP contribution is 2.23. The van der Waals surface area contributed by atoms with Crippen molar-refractivity contribution in [2.75, 3.05) is 11.9 Å². The van der Waals surface area contributed by atoms with Crippen LogP contribution < -0.4 is 10.2 Å². The Kier molecular flexibility index (Phi) is 4.87. The first-order valence-corrected chi connectivity index (χ1v) is 7.71. The molecule has 0 aromatic heterocycles. The highest BCUT2D eigenvalue weighted by atomic mass is 15.1. The normalized spacial score (nSPS) is 15.0. The van der Waals surface area contributed by atoms with Crippen LogP contribution in [0.4, 0.5) is 5.69 Å². The number of benzene rings is 1. The van der Waals surface area contributed by atoms with Crippen LogP contribution in [0.15, 0.2) is 18.2 Å². The Bertz CT molecular complexity index is 406. The Hall–Kier alpha value is -1.02. The second-order valence-corrected chi connectivity index (χ2v) is 5.85. The van der Waals surface area contributed by atoms with Crippen LogP contribution in [0.25, 0.3) is 0 Å². The van der Waals surface area contributed by atoms with Crippen LogP contribution in [-0.4, -0.2) is 19.1 Å². The number of nitrogens with one attached hydrogen (secondary N) is 1. The van der Waals surface area contributed by atoms with Crippen LogP contribution in [0.2, 0.25) is 0 Å². The van der Waals surface area contributed by atoms with E-state index in [1.165, 1.54) is 42.5 Å². The smallest absolute Gasteiger partial charge is 0.0368 e. The minimum Gasteiger partial charge on any atom is -0.372 e. The molecule has 0 atom stereocenters. The lowest BCUT2D eigenvalue weighted by Crippen LogP contribution is -2.30. The first-order valence-electron chi connectivity index (χ1n) is 7.71. The van der Waals surface area contributed by atoms with E-state index in [1.807, 2.05) is 0 Å². The third-order valence-corrected chi connectivity index (χ3v) is 4.38. The van der Waals surface area contributed by atoms with Crippen molar-refractivity contribution in [1.82, 2.24) is 5.32 Å². The van der Waals surface area contributed by atoms with E-state index in [9.17, 15) is 0 Å². The highest BCUT2D eigenvalue weighted by molar-refractivity contribution is 5.51. The summed E-state index contributed by atoms with van der Waals surface area (Å²) in [5, 5.41) is 3.59. The van der Waals surface area contributed by atoms with Crippen LogP contribution >= 0.6 is 0 Å². The van der Waals surface area contributed by atoms with Gasteiger partial charge in [0.2, 0.25) is 0 Å². The zero-order valence-electron chi connectivity index (χ0n) is 12.9. The molecule has 106 valence electrons. The van der Waals surface area contributed by atoms with Gasteiger partial charge in [-0.3, -0.25) is 0 Å². The van der Waals surface area contributed by atoms with Crippen molar-refractivity contribution < 1.29 is 0 Å². The summed E-state index contributed by atoms with van der Waals surface area (Å²) in [6.07, 6.45) is 5.12. The van der Waals surface area contributed by atoms with Crippen molar-refractivity contribution in [1.29, 1.82) is 0 Å². The quantitative estimate of drug-likeness (QED) is 0.800. The fourth-order valence-corrected chi connectivity index (χ4v) is 2.69. The monoisotopic (exact) mass is 260 g/mol. The van der Waals surface area contributed by atoms with Crippen molar-refractivity contribution in [2.45, 2.75) is 65.1 Å². The molecule has 1 saturated carbocycles. The van der Waals surface area contributed by atoms with Gasteiger partial charge in [-0.25, -0.2) is 0 Å². The SMILES string of the molecule is CCC(CC)N(C)c1ccc(CNC2CC2)c(C)c1. The molecule has 19 heavy (non-hydrogen) atoms. The van der Waals surface area contributed by atoms with E-state index < -0.39 is 0 Å². The zero-order chi connectivity index (χ0) is 13.8. The van der Waals surface area contributed by atoms with E-state index in [1.54, 1.807) is 0 Å². The summed E-state index contributed by atoms with van der Waals surface area (Å²) in [6, 6.07) is 8.33. The Morgan fingerprint density at radius 3 is 2.47 bits per heavy atom. The van der Waals surface area contributed by atoms with Gasteiger partial charge in [-0.05, 0) is 55.9 Å². The largest absolute Gasteiger partial charge is 0.372 e. The summed E-state index contributed by atoms with van der Waals surface area (Å²) < 4.78 is 0. The van der Waals surface area contributed by atoms with Gasteiger partial charge in [0.1, 0.15) is 0 Å². The lowest BCUT2D eigenvalue weighted by Gasteiger charge is -2.29. The molecule has 0 unspecified atom stereocenters. The lowest BCUT2D eigenvalue weighted by atomic mass is 10.1. The van der Waals surface area contributed by atoms with Crippen molar-refractivity contribution >= 4 is 5.69 Å². The van der Waals surface area contributed by atoms with Crippen LogP contribution in [0.5, 0.6) is 0 Å². The van der Waals surface area contributed by atoms with Crippen molar-refractivity contribution in [3.05, 3.63) is 29.3 Å². The van der Waals surface area contributed by atoms with E-state index >= 15 is 0 Å². The molecular formula is C17H28N2. The third kappa shape index (κ3) is 3.73. The molecule has 2 heteroatoms. The average molecular weight is 260 g/mol. The van der Waals surface area contributed by atoms with Crippen LogP contribution in [0.1, 0.15) is 50.7 Å². The van der Waals surface area contributed by atoms with Gasteiger partial charge in [0.15, 0.2) is 0 Å². The predicted molar refractivity (Wildman–Crippen MR) is 83.8 cm³/mol. The molecule has 1 fully saturated rings. The number of aryl methyl sites for hydroxylation is 1. The molecule has 1 aliphatic carbocycles. The molecular weight excluding hydrogens is 232 g/mol. The molecule has 0 saturated heterocycles. The summed E-state index contributed by atoms with van der Waals surface area (Å²) in [5.41, 5.74) is 4.19. The van der Waals surface area contributed by atoms with Crippen molar-refractivity contribution in [2.24, 2.45) is 0 Å². The van der Waals surface area contributed by atoms with E-state index in [4.69, 9.17) is 0 Å². The highest BCUT2D eigenvalue weighted by Gasteiger charge is 2.20. The second-order valence-electron chi connectivity index (χ2n) is 5.85. The van der Waals surface area contributed by atoms with Crippen LogP contribution in [-0.2, 0) is 6.54 Å². The Balaban J connectivity index is 2.03. The van der Waals surface area contributed by atoms with Gasteiger partial charge in [0.25, 0.3) is 0 Å². The Morgan fingerprint density at radius 2 is 1.95 bits per heavy atom. The van der Waals surface area contributed by atoms with Crippen LogP contribution in [0, 0.1) is 6.92 Å². The number of hydrogen-bond donors (Lipinski definition) is 1. The molecule has 1 aromatic carbocycles. The van der Waals surface area contributed by atoms with E-state index in [0.717, 1.165) is 12.6 Å². The minimum atomic E-state index is 0.648. The predicted octanol–water partition coefficient (Wildman–Crippen LogP) is 3.87. The molecule has 0 spiro atoms. The van der Waals surface area contributed by atoms with E-state index in [0.29, 0.717) is 6.04 Å². The maximum absolute atomic E-state index is 3.59. The summed E-state index contributed by atoms with van der Waals surface area (Å²) in [4.78, 5) is 2.42. The van der Waals surface area contributed by atoms with Gasteiger partial charge in [0, 0.05) is 31.4 Å². The fraction of sp³-hybridized carbons (Fsp3) is 0.647. The molecule has 2 rings (SSSR count). The minimum absolute atomic E-state index is 0.648. The van der Waals surface area contributed by atoms with Gasteiger partial charge >= 0.3 is 0 Å². The second kappa shape index (κ2) is 6.42. The van der Waals surface area contributed by atoms with E-state index in [-0.39, 0.29) is 0 Å². The number of nitrogens with zero attached hydrogens (tertiary/aromatic N) is 1. The number of rotatable bonds is 7. The fourth-order valence-electron chi connectivity index (χ4n) is 2.69. The molecule has 1 N–H and O–H groups in total. The molecule has 0 amide bonds. The van der Waals surface area contributed by atoms with Crippen molar-refractivity contribution in [3.8, 4) is 0 Å². The first kappa shape index (κ1) is 14.4. The lowest BCUT2D eigenvalue weighted by molar-refractivity contribution is 0.591. The Labute approximate surface area is 118 Å². The molecule has 0 radical (unpaired) electrons. The topological polar surface area (TPSA) is 15.3 Å². The summed E-state index contributed by atoms with van der Waals surface area (Å²) >= 11 is 0.